The van der Waals surface area contributed by atoms with Gasteiger partial charge >= 0.3 is 0 Å². The van der Waals surface area contributed by atoms with E-state index in [2.05, 4.69) is 10.3 Å². The third kappa shape index (κ3) is 6.49. The molecule has 3 aromatic rings. The first-order valence-electron chi connectivity index (χ1n) is 11.1. The number of nitrogens with one attached hydrogen (secondary N) is 3. The maximum atomic E-state index is 12.5. The van der Waals surface area contributed by atoms with E-state index in [9.17, 15) is 9.59 Å². The number of carbonyl (C=O) groups is 2. The first-order chi connectivity index (χ1) is 16.0. The van der Waals surface area contributed by atoms with E-state index in [1.54, 1.807) is 25.8 Å². The van der Waals surface area contributed by atoms with E-state index in [1.165, 1.54) is 0 Å². The summed E-state index contributed by atoms with van der Waals surface area (Å²) in [6.45, 7) is 0.562. The average Bonchev–Trinajstić information content (AvgIpc) is 3.24. The van der Waals surface area contributed by atoms with Crippen LogP contribution in [0.5, 0.6) is 11.5 Å². The van der Waals surface area contributed by atoms with Crippen molar-refractivity contribution in [2.24, 2.45) is 0 Å². The van der Waals surface area contributed by atoms with Crippen molar-refractivity contribution in [3.05, 3.63) is 59.3 Å². The highest BCUT2D eigenvalue weighted by atomic mass is 16.5. The Hall–Kier alpha value is -3.52. The standard InChI is InChI=1S/C25H31N3O5/c1-32-20-10-11-22-21(15-20)19(16-27-22)13-17-8-9-18(14-23(17)33-2)25(30)26-12-6-4-3-5-7-24(29)28-31/h8-11,14-16,27,31H,3-7,12-13H2,1-2H3,(H,26,30)(H,28,29). The minimum absolute atomic E-state index is 0.142. The molecule has 2 amide bonds. The van der Waals surface area contributed by atoms with Crippen LogP contribution in [0.1, 0.15) is 53.6 Å². The molecule has 0 fully saturated rings. The lowest BCUT2D eigenvalue weighted by atomic mass is 10.0. The van der Waals surface area contributed by atoms with E-state index in [0.29, 0.717) is 37.1 Å². The van der Waals surface area contributed by atoms with E-state index in [4.69, 9.17) is 14.7 Å². The molecule has 0 atom stereocenters. The fraction of sp³-hybridized carbons (Fsp3) is 0.360. The van der Waals surface area contributed by atoms with E-state index in [0.717, 1.165) is 47.0 Å². The van der Waals surface area contributed by atoms with Gasteiger partial charge in [-0.2, -0.15) is 0 Å². The van der Waals surface area contributed by atoms with Gasteiger partial charge in [-0.1, -0.05) is 18.9 Å². The van der Waals surface area contributed by atoms with Gasteiger partial charge < -0.3 is 19.8 Å². The molecule has 0 aliphatic rings. The number of methoxy groups -OCH3 is 2. The van der Waals surface area contributed by atoms with Crippen molar-refractivity contribution in [2.75, 3.05) is 20.8 Å². The molecule has 0 aliphatic carbocycles. The third-order valence-corrected chi connectivity index (χ3v) is 5.65. The van der Waals surface area contributed by atoms with Crippen LogP contribution in [0.25, 0.3) is 10.9 Å². The number of aromatic amines is 1. The van der Waals surface area contributed by atoms with Crippen molar-refractivity contribution >= 4 is 22.7 Å². The highest BCUT2D eigenvalue weighted by molar-refractivity contribution is 5.94. The van der Waals surface area contributed by atoms with Gasteiger partial charge in [0.1, 0.15) is 11.5 Å². The minimum atomic E-state index is -0.370. The molecule has 8 heteroatoms. The summed E-state index contributed by atoms with van der Waals surface area (Å²) >= 11 is 0. The Morgan fingerprint density at radius 2 is 1.79 bits per heavy atom. The highest BCUT2D eigenvalue weighted by Crippen LogP contribution is 2.29. The Morgan fingerprint density at radius 1 is 0.970 bits per heavy atom. The lowest BCUT2D eigenvalue weighted by Gasteiger charge is -2.11. The van der Waals surface area contributed by atoms with Gasteiger partial charge in [0.15, 0.2) is 0 Å². The van der Waals surface area contributed by atoms with E-state index in [-0.39, 0.29) is 11.8 Å². The number of hydrogen-bond donors (Lipinski definition) is 4. The molecule has 4 N–H and O–H groups in total. The summed E-state index contributed by atoms with van der Waals surface area (Å²) in [5, 5.41) is 12.5. The van der Waals surface area contributed by atoms with Gasteiger partial charge in [-0.15, -0.1) is 0 Å². The van der Waals surface area contributed by atoms with Crippen LogP contribution >= 0.6 is 0 Å². The number of aromatic nitrogens is 1. The molecule has 1 aromatic heterocycles. The monoisotopic (exact) mass is 453 g/mol. The zero-order valence-electron chi connectivity index (χ0n) is 19.1. The number of unbranched alkanes of at least 4 members (excludes halogenated alkanes) is 3. The van der Waals surface area contributed by atoms with E-state index in [1.807, 2.05) is 36.5 Å². The first-order valence-corrected chi connectivity index (χ1v) is 11.1. The molecule has 0 saturated heterocycles. The summed E-state index contributed by atoms with van der Waals surface area (Å²) in [5.41, 5.74) is 5.33. The summed E-state index contributed by atoms with van der Waals surface area (Å²) in [6, 6.07) is 11.4. The van der Waals surface area contributed by atoms with Gasteiger partial charge in [0.2, 0.25) is 5.91 Å². The summed E-state index contributed by atoms with van der Waals surface area (Å²) in [5.74, 6) is 0.960. The van der Waals surface area contributed by atoms with Gasteiger partial charge in [-0.05, 0) is 54.3 Å². The second-order valence-electron chi connectivity index (χ2n) is 7.88. The summed E-state index contributed by atoms with van der Waals surface area (Å²) in [6.07, 6.45) is 6.25. The van der Waals surface area contributed by atoms with Crippen LogP contribution in [0.4, 0.5) is 0 Å². The van der Waals surface area contributed by atoms with Crippen molar-refractivity contribution < 1.29 is 24.3 Å². The number of H-pyrrole nitrogens is 1. The number of fused-ring (bicyclic) bond motifs is 1. The molecule has 0 aliphatic heterocycles. The molecular weight excluding hydrogens is 422 g/mol. The zero-order chi connectivity index (χ0) is 23.6. The van der Waals surface area contributed by atoms with Crippen LogP contribution < -0.4 is 20.3 Å². The van der Waals surface area contributed by atoms with Gasteiger partial charge in [-0.25, -0.2) is 5.48 Å². The fourth-order valence-corrected chi connectivity index (χ4v) is 3.79. The molecule has 0 unspecified atom stereocenters. The molecule has 2 aromatic carbocycles. The molecule has 0 radical (unpaired) electrons. The minimum Gasteiger partial charge on any atom is -0.497 e. The first kappa shape index (κ1) is 24.1. The fourth-order valence-electron chi connectivity index (χ4n) is 3.79. The molecular formula is C25H31N3O5. The summed E-state index contributed by atoms with van der Waals surface area (Å²) < 4.78 is 10.9. The number of hydrogen-bond acceptors (Lipinski definition) is 5. The molecule has 8 nitrogen and oxygen atoms in total. The van der Waals surface area contributed by atoms with Crippen LogP contribution in [0.3, 0.4) is 0 Å². The molecule has 33 heavy (non-hydrogen) atoms. The van der Waals surface area contributed by atoms with Crippen molar-refractivity contribution in [1.29, 1.82) is 0 Å². The van der Waals surface area contributed by atoms with Crippen LogP contribution in [0.15, 0.2) is 42.6 Å². The zero-order valence-corrected chi connectivity index (χ0v) is 19.1. The van der Waals surface area contributed by atoms with Crippen LogP contribution in [-0.4, -0.2) is 42.8 Å². The SMILES string of the molecule is COc1ccc2[nH]cc(Cc3ccc(C(=O)NCCCCCCC(=O)NO)cc3OC)c2c1. The van der Waals surface area contributed by atoms with Gasteiger partial charge in [0.25, 0.3) is 5.91 Å². The molecule has 0 spiro atoms. The number of ether oxygens (including phenoxy) is 2. The van der Waals surface area contributed by atoms with Crippen LogP contribution in [0, 0.1) is 0 Å². The predicted molar refractivity (Wildman–Crippen MR) is 126 cm³/mol. The third-order valence-electron chi connectivity index (χ3n) is 5.65. The number of hydroxylamine groups is 1. The lowest BCUT2D eigenvalue weighted by Crippen LogP contribution is -2.24. The van der Waals surface area contributed by atoms with Gasteiger partial charge in [0.05, 0.1) is 14.2 Å². The Bertz CT molecular complexity index is 1090. The molecule has 1 heterocycles. The maximum absolute atomic E-state index is 12.5. The van der Waals surface area contributed by atoms with Crippen molar-refractivity contribution in [3.8, 4) is 11.5 Å². The van der Waals surface area contributed by atoms with Crippen molar-refractivity contribution in [2.45, 2.75) is 38.5 Å². The molecule has 0 saturated carbocycles. The Labute approximate surface area is 193 Å². The predicted octanol–water partition coefficient (Wildman–Crippen LogP) is 3.96. The quantitative estimate of drug-likeness (QED) is 0.188. The number of amides is 2. The average molecular weight is 454 g/mol. The van der Waals surface area contributed by atoms with Gasteiger partial charge in [0, 0.05) is 42.0 Å². The second-order valence-corrected chi connectivity index (χ2v) is 7.88. The Kier molecular flexibility index (Phi) is 8.71. The summed E-state index contributed by atoms with van der Waals surface area (Å²) in [7, 11) is 3.26. The largest absolute Gasteiger partial charge is 0.497 e. The van der Waals surface area contributed by atoms with Crippen LogP contribution in [-0.2, 0) is 11.2 Å². The molecule has 176 valence electrons. The highest BCUT2D eigenvalue weighted by Gasteiger charge is 2.13. The normalized spacial score (nSPS) is 10.8. The van der Waals surface area contributed by atoms with Crippen LogP contribution in [0.2, 0.25) is 0 Å². The molecule has 0 bridgehead atoms. The maximum Gasteiger partial charge on any atom is 0.251 e. The van der Waals surface area contributed by atoms with Crippen molar-refractivity contribution in [3.63, 3.8) is 0 Å². The van der Waals surface area contributed by atoms with Gasteiger partial charge in [-0.3, -0.25) is 14.8 Å². The smallest absolute Gasteiger partial charge is 0.251 e. The second kappa shape index (κ2) is 11.9. The number of carbonyl (C=O) groups excluding carboxylic acids is 2. The molecule has 3 rings (SSSR count). The lowest BCUT2D eigenvalue weighted by molar-refractivity contribution is -0.129. The summed E-state index contributed by atoms with van der Waals surface area (Å²) in [4.78, 5) is 26.8. The number of benzene rings is 2. The Balaban J connectivity index is 1.56. The van der Waals surface area contributed by atoms with E-state index < -0.39 is 0 Å². The number of rotatable bonds is 12. The topological polar surface area (TPSA) is 113 Å². The van der Waals surface area contributed by atoms with E-state index >= 15 is 0 Å². The van der Waals surface area contributed by atoms with Crippen molar-refractivity contribution in [1.82, 2.24) is 15.8 Å². The Morgan fingerprint density at radius 3 is 2.55 bits per heavy atom.